The number of anilines is 2. The van der Waals surface area contributed by atoms with Gasteiger partial charge in [-0.15, -0.1) is 11.3 Å². The van der Waals surface area contributed by atoms with Gasteiger partial charge in [-0.05, 0) is 20.9 Å². The highest BCUT2D eigenvalue weighted by Gasteiger charge is 2.32. The summed E-state index contributed by atoms with van der Waals surface area (Å²) in [4.78, 5) is 28.2. The lowest BCUT2D eigenvalue weighted by Crippen LogP contribution is -2.55. The van der Waals surface area contributed by atoms with Gasteiger partial charge < -0.3 is 16.4 Å². The van der Waals surface area contributed by atoms with Crippen molar-refractivity contribution in [2.75, 3.05) is 30.8 Å². The third kappa shape index (κ3) is 2.75. The second-order valence-electron chi connectivity index (χ2n) is 5.71. The van der Waals surface area contributed by atoms with Crippen LogP contribution in [-0.4, -0.2) is 48.8 Å². The summed E-state index contributed by atoms with van der Waals surface area (Å²) >= 11 is 1.27. The van der Waals surface area contributed by atoms with Crippen LogP contribution in [0.25, 0.3) is 0 Å². The van der Waals surface area contributed by atoms with Crippen LogP contribution in [0.1, 0.15) is 40.8 Å². The molecule has 2 rings (SSSR count). The Labute approximate surface area is 128 Å². The molecule has 1 amide bonds. The number of nitrogens with two attached hydrogens (primary N) is 2. The molecule has 1 saturated heterocycles. The van der Waals surface area contributed by atoms with Gasteiger partial charge in [0.2, 0.25) is 0 Å². The molecule has 0 aromatic carbocycles. The monoisotopic (exact) mass is 310 g/mol. The molecule has 1 aromatic rings. The second-order valence-corrected chi connectivity index (χ2v) is 6.71. The average Bonchev–Trinajstić information content (AvgIpc) is 2.73. The van der Waals surface area contributed by atoms with Gasteiger partial charge in [-0.3, -0.25) is 14.5 Å². The van der Waals surface area contributed by atoms with Gasteiger partial charge in [-0.25, -0.2) is 0 Å². The first-order valence-corrected chi connectivity index (χ1v) is 7.75. The molecule has 0 saturated carbocycles. The van der Waals surface area contributed by atoms with Crippen molar-refractivity contribution in [2.45, 2.75) is 32.9 Å². The Bertz CT molecular complexity index is 572. The summed E-state index contributed by atoms with van der Waals surface area (Å²) in [5.74, 6) is -0.716. The fraction of sp³-hybridized carbons (Fsp3) is 0.571. The highest BCUT2D eigenvalue weighted by atomic mass is 32.1. The summed E-state index contributed by atoms with van der Waals surface area (Å²) in [6.07, 6.45) is 0. The van der Waals surface area contributed by atoms with Gasteiger partial charge in [0.25, 0.3) is 5.91 Å². The largest absolute Gasteiger partial charge is 0.397 e. The number of hydrogen-bond acceptors (Lipinski definition) is 6. The molecule has 2 unspecified atom stereocenters. The Morgan fingerprint density at radius 2 is 1.76 bits per heavy atom. The maximum atomic E-state index is 11.7. The SMILES string of the molecule is CC(=O)c1sc(N2CC(C)N(C)C(C)C2)c(C(N)=O)c1N. The standard InChI is InChI=1S/C14H22N4O2S/c1-7-5-18(6-8(2)17(7)4)14-10(13(16)20)11(15)12(21-14)9(3)19/h7-8H,5-6,15H2,1-4H3,(H2,16,20). The minimum atomic E-state index is -0.578. The number of nitrogens with zero attached hydrogens (tertiary/aromatic N) is 2. The lowest BCUT2D eigenvalue weighted by molar-refractivity contribution is 0.100. The maximum Gasteiger partial charge on any atom is 0.253 e. The van der Waals surface area contributed by atoms with Crippen molar-refractivity contribution in [3.63, 3.8) is 0 Å². The summed E-state index contributed by atoms with van der Waals surface area (Å²) in [6.45, 7) is 7.27. The van der Waals surface area contributed by atoms with Crippen LogP contribution >= 0.6 is 11.3 Å². The Morgan fingerprint density at radius 3 is 2.19 bits per heavy atom. The van der Waals surface area contributed by atoms with E-state index in [-0.39, 0.29) is 17.0 Å². The first-order chi connectivity index (χ1) is 9.73. The zero-order chi connectivity index (χ0) is 15.9. The zero-order valence-corrected chi connectivity index (χ0v) is 13.7. The summed E-state index contributed by atoms with van der Waals surface area (Å²) in [6, 6.07) is 0.692. The predicted octanol–water partition coefficient (Wildman–Crippen LogP) is 1.16. The van der Waals surface area contributed by atoms with Gasteiger partial charge in [0.15, 0.2) is 5.78 Å². The first-order valence-electron chi connectivity index (χ1n) is 6.93. The number of nitrogen functional groups attached to an aromatic ring is 1. The maximum absolute atomic E-state index is 11.7. The second kappa shape index (κ2) is 5.65. The molecule has 1 aromatic heterocycles. The highest BCUT2D eigenvalue weighted by molar-refractivity contribution is 7.19. The van der Waals surface area contributed by atoms with E-state index in [9.17, 15) is 9.59 Å². The number of Topliss-reactive ketones (excluding diaryl/α,β-unsaturated/α-hetero) is 1. The molecule has 4 N–H and O–H groups in total. The smallest absolute Gasteiger partial charge is 0.253 e. The van der Waals surface area contributed by atoms with Crippen LogP contribution in [0.5, 0.6) is 0 Å². The molecule has 116 valence electrons. The lowest BCUT2D eigenvalue weighted by atomic mass is 10.1. The molecule has 6 nitrogen and oxygen atoms in total. The highest BCUT2D eigenvalue weighted by Crippen LogP contribution is 2.39. The van der Waals surface area contributed by atoms with Crippen molar-refractivity contribution in [3.8, 4) is 0 Å². The molecule has 0 spiro atoms. The van der Waals surface area contributed by atoms with Crippen molar-refractivity contribution < 1.29 is 9.59 Å². The number of ketones is 1. The summed E-state index contributed by atoms with van der Waals surface area (Å²) < 4.78 is 0. The van der Waals surface area contributed by atoms with Crippen molar-refractivity contribution in [1.82, 2.24) is 4.90 Å². The topological polar surface area (TPSA) is 92.7 Å². The van der Waals surface area contributed by atoms with Crippen LogP contribution in [0.2, 0.25) is 0 Å². The van der Waals surface area contributed by atoms with E-state index < -0.39 is 5.91 Å². The van der Waals surface area contributed by atoms with Crippen molar-refractivity contribution in [1.29, 1.82) is 0 Å². The molecule has 1 fully saturated rings. The molecule has 0 aliphatic carbocycles. The number of piperazine rings is 1. The molecule has 1 aliphatic heterocycles. The number of carbonyl (C=O) groups is 2. The summed E-state index contributed by atoms with van der Waals surface area (Å²) in [7, 11) is 2.09. The van der Waals surface area contributed by atoms with E-state index in [4.69, 9.17) is 11.5 Å². The van der Waals surface area contributed by atoms with Gasteiger partial charge in [0.1, 0.15) is 5.00 Å². The Morgan fingerprint density at radius 1 is 1.24 bits per heavy atom. The van der Waals surface area contributed by atoms with Gasteiger partial charge in [-0.1, -0.05) is 0 Å². The minimum absolute atomic E-state index is 0.138. The van der Waals surface area contributed by atoms with E-state index in [1.165, 1.54) is 18.3 Å². The number of likely N-dealkylation sites (N-methyl/N-ethyl adjacent to an activating group) is 1. The molecule has 0 bridgehead atoms. The molecule has 2 atom stereocenters. The summed E-state index contributed by atoms with van der Waals surface area (Å²) in [5.41, 5.74) is 11.9. The quantitative estimate of drug-likeness (QED) is 0.817. The minimum Gasteiger partial charge on any atom is -0.397 e. The van der Waals surface area contributed by atoms with Crippen LogP contribution in [0.3, 0.4) is 0 Å². The van der Waals surface area contributed by atoms with Crippen LogP contribution in [0.15, 0.2) is 0 Å². The molecule has 7 heteroatoms. The van der Waals surface area contributed by atoms with Crippen LogP contribution < -0.4 is 16.4 Å². The molecule has 0 radical (unpaired) electrons. The van der Waals surface area contributed by atoms with Crippen molar-refractivity contribution in [2.24, 2.45) is 5.73 Å². The number of amides is 1. The van der Waals surface area contributed by atoms with Crippen LogP contribution in [-0.2, 0) is 0 Å². The van der Waals surface area contributed by atoms with Crippen LogP contribution in [0, 0.1) is 0 Å². The van der Waals surface area contributed by atoms with Crippen molar-refractivity contribution >= 4 is 33.7 Å². The number of carbonyl (C=O) groups excluding carboxylic acids is 2. The van der Waals surface area contributed by atoms with E-state index in [0.717, 1.165) is 18.1 Å². The fourth-order valence-electron chi connectivity index (χ4n) is 2.72. The van der Waals surface area contributed by atoms with Crippen molar-refractivity contribution in [3.05, 3.63) is 10.4 Å². The normalized spacial score (nSPS) is 23.3. The zero-order valence-electron chi connectivity index (χ0n) is 12.8. The fourth-order valence-corrected chi connectivity index (χ4v) is 3.86. The Hall–Kier alpha value is -1.60. The summed E-state index contributed by atoms with van der Waals surface area (Å²) in [5, 5.41) is 0.719. The third-order valence-corrected chi connectivity index (χ3v) is 5.51. The van der Waals surface area contributed by atoms with E-state index in [2.05, 4.69) is 30.7 Å². The van der Waals surface area contributed by atoms with E-state index >= 15 is 0 Å². The van der Waals surface area contributed by atoms with Gasteiger partial charge >= 0.3 is 0 Å². The first kappa shape index (κ1) is 15.8. The average molecular weight is 310 g/mol. The molecule has 21 heavy (non-hydrogen) atoms. The molecular weight excluding hydrogens is 288 g/mol. The van der Waals surface area contributed by atoms with Crippen LogP contribution in [0.4, 0.5) is 10.7 Å². The lowest BCUT2D eigenvalue weighted by Gasteiger charge is -2.43. The van der Waals surface area contributed by atoms with E-state index in [1.54, 1.807) is 0 Å². The number of hydrogen-bond donors (Lipinski definition) is 2. The Balaban J connectivity index is 2.46. The number of primary amides is 1. The molecule has 1 aliphatic rings. The van der Waals surface area contributed by atoms with E-state index in [0.29, 0.717) is 17.0 Å². The van der Waals surface area contributed by atoms with Gasteiger partial charge in [-0.2, -0.15) is 0 Å². The number of thiophene rings is 1. The van der Waals surface area contributed by atoms with Gasteiger partial charge in [0, 0.05) is 32.1 Å². The van der Waals surface area contributed by atoms with E-state index in [1.807, 2.05) is 0 Å². The Kier molecular flexibility index (Phi) is 4.25. The number of rotatable bonds is 3. The molecule has 2 heterocycles. The molecular formula is C14H22N4O2S. The predicted molar refractivity (Wildman–Crippen MR) is 86.2 cm³/mol. The third-order valence-electron chi connectivity index (χ3n) is 4.14. The van der Waals surface area contributed by atoms with Gasteiger partial charge in [0.05, 0.1) is 16.1 Å².